The van der Waals surface area contributed by atoms with E-state index in [0.717, 1.165) is 20.9 Å². The van der Waals surface area contributed by atoms with Crippen molar-refractivity contribution in [1.29, 1.82) is 0 Å². The lowest BCUT2D eigenvalue weighted by Crippen LogP contribution is -2.57. The lowest BCUT2D eigenvalue weighted by molar-refractivity contribution is -0.384. The summed E-state index contributed by atoms with van der Waals surface area (Å²) in [4.78, 5) is 129. The van der Waals surface area contributed by atoms with Crippen LogP contribution in [0.1, 0.15) is 37.5 Å². The summed E-state index contributed by atoms with van der Waals surface area (Å²) in [6.45, 7) is 13.0. The van der Waals surface area contributed by atoms with Crippen LogP contribution < -0.4 is 25.8 Å². The Morgan fingerprint density at radius 3 is 1.57 bits per heavy atom. The molecule has 0 saturated carbocycles. The molecule has 1 aliphatic heterocycles. The molecule has 2 aliphatic rings. The fraction of sp³-hybridized carbons (Fsp3) is 0.314. The molecule has 0 bridgehead atoms. The van der Waals surface area contributed by atoms with Gasteiger partial charge >= 0.3 is 42.2 Å². The second kappa shape index (κ2) is 26.9. The smallest absolute Gasteiger partial charge is 0.407 e. The molecule has 3 aromatic carbocycles. The van der Waals surface area contributed by atoms with E-state index >= 15 is 0 Å². The van der Waals surface area contributed by atoms with Crippen LogP contribution in [0.25, 0.3) is 17.2 Å². The summed E-state index contributed by atoms with van der Waals surface area (Å²) in [5, 5.41) is 18.8. The summed E-state index contributed by atoms with van der Waals surface area (Å²) in [5.41, 5.74) is 3.73. The third-order valence-electron chi connectivity index (χ3n) is 10.8. The standard InChI is InChI=1S/C51H55N7O17/c1-31(2)45(61)70-21-15-52-48(64)73-24-18-55(19-25-74-49(65)53-16-22-71-46(62)32(3)4)37-9-7-34(8-10-37)27-42-43(59)56(20-26-75-50(66)54-17-23-72-47(63)33(5)6)51(67)57(44(42)60)38-11-13-40-35(29-38)28-36-30-39(58(68)69)12-14-41(36)40/h7-14,27,29-30H,1,3,5,15-26,28H2,2,4,6H3,(H,52,64)(H,53,65)(H,54,66)/b42-27+. The SMILES string of the molecule is C=C(C)C(=O)OCCNC(=O)OCCN1C(=O)/C(=C\c2ccc(N(CCOC(=O)NCCOC(=O)C(=C)C)CCOC(=O)NCCOC(=O)C(=C)C)cc2)C(=O)N(c2ccc3c(c2)Cc2cc([N+](=O)[O-])ccc2-3)C1=O. The number of nitrogens with one attached hydrogen (secondary N) is 3. The number of esters is 3. The monoisotopic (exact) mass is 1040 g/mol. The van der Waals surface area contributed by atoms with E-state index in [-0.39, 0.29) is 100 Å². The van der Waals surface area contributed by atoms with Crippen molar-refractivity contribution in [3.05, 3.63) is 129 Å². The summed E-state index contributed by atoms with van der Waals surface area (Å²) < 4.78 is 30.7. The second-order valence-corrected chi connectivity index (χ2v) is 16.6. The third kappa shape index (κ3) is 16.1. The Balaban J connectivity index is 1.34. The second-order valence-electron chi connectivity index (χ2n) is 16.6. The van der Waals surface area contributed by atoms with Gasteiger partial charge < -0.3 is 49.3 Å². The minimum atomic E-state index is -1.04. The van der Waals surface area contributed by atoms with Crippen molar-refractivity contribution in [2.45, 2.75) is 27.2 Å². The molecule has 3 aromatic rings. The third-order valence-corrected chi connectivity index (χ3v) is 10.8. The number of carbonyl (C=O) groups is 9. The number of anilines is 2. The number of nitro groups is 1. The Hall–Kier alpha value is -9.35. The largest absolute Gasteiger partial charge is 0.460 e. The zero-order chi connectivity index (χ0) is 54.8. The van der Waals surface area contributed by atoms with E-state index in [9.17, 15) is 53.3 Å². The molecule has 0 unspecified atom stereocenters. The van der Waals surface area contributed by atoms with Gasteiger partial charge in [0.2, 0.25) is 0 Å². The van der Waals surface area contributed by atoms with Gasteiger partial charge in [-0.05, 0) is 91.4 Å². The number of urea groups is 1. The molecule has 5 rings (SSSR count). The number of nitro benzene ring substituents is 1. The van der Waals surface area contributed by atoms with Crippen LogP contribution >= 0.6 is 0 Å². The molecule has 0 radical (unpaired) electrons. The van der Waals surface area contributed by atoms with E-state index in [1.54, 1.807) is 47.4 Å². The van der Waals surface area contributed by atoms with Crippen LogP contribution in [-0.2, 0) is 58.8 Å². The highest BCUT2D eigenvalue weighted by atomic mass is 16.6. The maximum atomic E-state index is 14.4. The number of hydrogen-bond acceptors (Lipinski definition) is 18. The number of ether oxygens (including phenoxy) is 6. The van der Waals surface area contributed by atoms with E-state index in [2.05, 4.69) is 35.7 Å². The van der Waals surface area contributed by atoms with Crippen LogP contribution in [0.15, 0.2) is 103 Å². The number of amides is 7. The first-order valence-electron chi connectivity index (χ1n) is 23.1. The maximum Gasteiger partial charge on any atom is 0.407 e. The zero-order valence-corrected chi connectivity index (χ0v) is 41.4. The van der Waals surface area contributed by atoms with Gasteiger partial charge in [0.05, 0.1) is 49.9 Å². The molecule has 396 valence electrons. The predicted molar refractivity (Wildman–Crippen MR) is 268 cm³/mol. The van der Waals surface area contributed by atoms with Crippen LogP contribution in [0.3, 0.4) is 0 Å². The lowest BCUT2D eigenvalue weighted by Gasteiger charge is -2.34. The molecule has 0 aromatic heterocycles. The van der Waals surface area contributed by atoms with Gasteiger partial charge in [-0.3, -0.25) is 24.6 Å². The minimum Gasteiger partial charge on any atom is -0.460 e. The molecule has 1 aliphatic carbocycles. The average Bonchev–Trinajstić information content (AvgIpc) is 3.74. The number of non-ortho nitro benzene ring substituents is 1. The van der Waals surface area contributed by atoms with Crippen molar-refractivity contribution in [1.82, 2.24) is 20.9 Å². The van der Waals surface area contributed by atoms with Crippen molar-refractivity contribution in [2.75, 3.05) is 88.7 Å². The molecular formula is C51H55N7O17. The number of benzene rings is 3. The van der Waals surface area contributed by atoms with Gasteiger partial charge in [0.25, 0.3) is 17.5 Å². The molecular weight excluding hydrogens is 983 g/mol. The first-order chi connectivity index (χ1) is 35.7. The number of rotatable bonds is 25. The van der Waals surface area contributed by atoms with Crippen LogP contribution in [-0.4, -0.2) is 143 Å². The number of imide groups is 2. The number of carbonyl (C=O) groups excluding carboxylic acids is 9. The minimum absolute atomic E-state index is 0.0398. The Morgan fingerprint density at radius 2 is 1.09 bits per heavy atom. The highest BCUT2D eigenvalue weighted by molar-refractivity contribution is 6.39. The predicted octanol–water partition coefficient (Wildman–Crippen LogP) is 4.89. The fourth-order valence-corrected chi connectivity index (χ4v) is 7.09. The van der Waals surface area contributed by atoms with Gasteiger partial charge in [-0.2, -0.15) is 0 Å². The van der Waals surface area contributed by atoms with Crippen molar-refractivity contribution in [3.8, 4) is 11.1 Å². The summed E-state index contributed by atoms with van der Waals surface area (Å²) in [7, 11) is 0. The quantitative estimate of drug-likeness (QED) is 0.0151. The van der Waals surface area contributed by atoms with E-state index < -0.39 is 77.7 Å². The maximum absolute atomic E-state index is 14.4. The number of alkyl carbamates (subject to hydrolysis) is 3. The molecule has 0 atom stereocenters. The summed E-state index contributed by atoms with van der Waals surface area (Å²) in [6.07, 6.45) is -1.03. The Labute approximate surface area is 430 Å². The lowest BCUT2D eigenvalue weighted by atomic mass is 10.0. The number of hydrogen-bond donors (Lipinski definition) is 3. The first-order valence-corrected chi connectivity index (χ1v) is 23.1. The normalized spacial score (nSPS) is 12.9. The summed E-state index contributed by atoms with van der Waals surface area (Å²) in [6, 6.07) is 14.5. The highest BCUT2D eigenvalue weighted by Crippen LogP contribution is 2.40. The molecule has 1 heterocycles. The van der Waals surface area contributed by atoms with Crippen molar-refractivity contribution in [2.24, 2.45) is 0 Å². The topological polar surface area (TPSA) is 298 Å². The van der Waals surface area contributed by atoms with Crippen molar-refractivity contribution >= 4 is 77.2 Å². The fourth-order valence-electron chi connectivity index (χ4n) is 7.09. The number of barbiturate groups is 1. The molecule has 1 saturated heterocycles. The van der Waals surface area contributed by atoms with Crippen LogP contribution in [0.5, 0.6) is 0 Å². The van der Waals surface area contributed by atoms with E-state index in [1.165, 1.54) is 45.0 Å². The molecule has 7 amide bonds. The van der Waals surface area contributed by atoms with Crippen LogP contribution in [0.4, 0.5) is 36.2 Å². The van der Waals surface area contributed by atoms with Crippen LogP contribution in [0, 0.1) is 10.1 Å². The van der Waals surface area contributed by atoms with E-state index in [4.69, 9.17) is 28.4 Å². The van der Waals surface area contributed by atoms with Gasteiger partial charge in [-0.25, -0.2) is 38.5 Å². The van der Waals surface area contributed by atoms with Crippen LogP contribution in [0.2, 0.25) is 0 Å². The van der Waals surface area contributed by atoms with Crippen molar-refractivity contribution in [3.63, 3.8) is 0 Å². The van der Waals surface area contributed by atoms with Gasteiger partial charge in [0, 0.05) is 34.5 Å². The first kappa shape index (κ1) is 56.6. The summed E-state index contributed by atoms with van der Waals surface area (Å²) in [5.74, 6) is -3.87. The van der Waals surface area contributed by atoms with Gasteiger partial charge in [0.15, 0.2) is 0 Å². The molecule has 3 N–H and O–H groups in total. The molecule has 0 spiro atoms. The highest BCUT2D eigenvalue weighted by Gasteiger charge is 2.43. The summed E-state index contributed by atoms with van der Waals surface area (Å²) >= 11 is 0. The molecule has 1 fully saturated rings. The zero-order valence-electron chi connectivity index (χ0n) is 41.4. The van der Waals surface area contributed by atoms with E-state index in [0.29, 0.717) is 22.4 Å². The van der Waals surface area contributed by atoms with Crippen molar-refractivity contribution < 1.29 is 76.5 Å². The van der Waals surface area contributed by atoms with Gasteiger partial charge in [-0.1, -0.05) is 37.9 Å². The molecule has 24 nitrogen and oxygen atoms in total. The van der Waals surface area contributed by atoms with E-state index in [1.807, 2.05) is 0 Å². The number of fused-ring (bicyclic) bond motifs is 3. The molecule has 75 heavy (non-hydrogen) atoms. The number of nitrogens with zero attached hydrogens (tertiary/aromatic N) is 4. The average molecular weight is 1040 g/mol. The molecule has 24 heteroatoms. The van der Waals surface area contributed by atoms with Gasteiger partial charge in [0.1, 0.15) is 45.2 Å². The Kier molecular flexibility index (Phi) is 20.3. The Morgan fingerprint density at radius 1 is 0.627 bits per heavy atom. The van der Waals surface area contributed by atoms with Gasteiger partial charge in [-0.15, -0.1) is 0 Å². The Bertz CT molecular complexity index is 2750.